The predicted octanol–water partition coefficient (Wildman–Crippen LogP) is -0.576. The van der Waals surface area contributed by atoms with Gasteiger partial charge in [0.25, 0.3) is 0 Å². The Kier molecular flexibility index (Phi) is 4.66. The van der Waals surface area contributed by atoms with Crippen LogP contribution in [0.1, 0.15) is 13.3 Å². The SMILES string of the molecule is CC1C[C@H](OCCS)C(O)C(O)C1O. The van der Waals surface area contributed by atoms with Crippen LogP contribution in [-0.4, -0.2) is 52.1 Å². The van der Waals surface area contributed by atoms with Crippen LogP contribution in [0.25, 0.3) is 0 Å². The van der Waals surface area contributed by atoms with Gasteiger partial charge in [0.1, 0.15) is 12.2 Å². The normalized spacial score (nSPS) is 43.9. The molecular formula is C9H18O4S. The Balaban J connectivity index is 2.52. The second kappa shape index (κ2) is 5.32. The molecule has 0 aliphatic heterocycles. The fourth-order valence-electron chi connectivity index (χ4n) is 1.77. The molecule has 0 amide bonds. The van der Waals surface area contributed by atoms with Gasteiger partial charge < -0.3 is 20.1 Å². The van der Waals surface area contributed by atoms with Crippen LogP contribution >= 0.6 is 12.6 Å². The van der Waals surface area contributed by atoms with E-state index in [1.54, 1.807) is 0 Å². The van der Waals surface area contributed by atoms with Gasteiger partial charge in [-0.1, -0.05) is 6.92 Å². The summed E-state index contributed by atoms with van der Waals surface area (Å²) in [5.74, 6) is 0.522. The van der Waals surface area contributed by atoms with Gasteiger partial charge in [-0.05, 0) is 12.3 Å². The minimum atomic E-state index is -1.11. The Morgan fingerprint density at radius 1 is 1.21 bits per heavy atom. The van der Waals surface area contributed by atoms with E-state index in [2.05, 4.69) is 12.6 Å². The molecule has 3 N–H and O–H groups in total. The molecule has 1 fully saturated rings. The van der Waals surface area contributed by atoms with Crippen molar-refractivity contribution in [3.05, 3.63) is 0 Å². The lowest BCUT2D eigenvalue weighted by Gasteiger charge is -2.38. The summed E-state index contributed by atoms with van der Waals surface area (Å²) in [6.45, 7) is 2.27. The van der Waals surface area contributed by atoms with Crippen LogP contribution < -0.4 is 0 Å². The first-order chi connectivity index (χ1) is 6.57. The van der Waals surface area contributed by atoms with Crippen molar-refractivity contribution in [1.29, 1.82) is 0 Å². The molecule has 0 saturated heterocycles. The fraction of sp³-hybridized carbons (Fsp3) is 1.00. The Labute approximate surface area is 89.3 Å². The number of aliphatic hydroxyl groups is 3. The summed E-state index contributed by atoms with van der Waals surface area (Å²) in [6, 6.07) is 0. The molecule has 0 radical (unpaired) electrons. The van der Waals surface area contributed by atoms with Gasteiger partial charge in [0, 0.05) is 5.75 Å². The van der Waals surface area contributed by atoms with Gasteiger partial charge in [0.05, 0.1) is 18.8 Å². The quantitative estimate of drug-likeness (QED) is 0.482. The fourth-order valence-corrected chi connectivity index (χ4v) is 1.88. The molecule has 1 rings (SSSR count). The highest BCUT2D eigenvalue weighted by Crippen LogP contribution is 2.27. The van der Waals surface area contributed by atoms with E-state index in [-0.39, 0.29) is 5.92 Å². The monoisotopic (exact) mass is 222 g/mol. The smallest absolute Gasteiger partial charge is 0.109 e. The van der Waals surface area contributed by atoms with Gasteiger partial charge in [0.15, 0.2) is 0 Å². The Morgan fingerprint density at radius 3 is 2.43 bits per heavy atom. The van der Waals surface area contributed by atoms with E-state index < -0.39 is 24.4 Å². The van der Waals surface area contributed by atoms with Gasteiger partial charge >= 0.3 is 0 Å². The zero-order valence-electron chi connectivity index (χ0n) is 8.21. The number of hydrogen-bond donors (Lipinski definition) is 4. The first kappa shape index (κ1) is 12.3. The van der Waals surface area contributed by atoms with E-state index in [4.69, 9.17) is 4.74 Å². The second-order valence-corrected chi connectivity index (χ2v) is 4.26. The molecule has 4 unspecified atom stereocenters. The highest BCUT2D eigenvalue weighted by molar-refractivity contribution is 7.80. The van der Waals surface area contributed by atoms with Crippen LogP contribution in [-0.2, 0) is 4.74 Å². The third-order valence-electron chi connectivity index (χ3n) is 2.69. The molecule has 4 nitrogen and oxygen atoms in total. The molecule has 0 aromatic carbocycles. The van der Waals surface area contributed by atoms with Crippen molar-refractivity contribution in [3.63, 3.8) is 0 Å². The standard InChI is InChI=1S/C9H18O4S/c1-5-4-6(13-2-3-14)8(11)9(12)7(5)10/h5-12,14H,2-4H2,1H3/t5?,6-,7?,8?,9?/m0/s1. The van der Waals surface area contributed by atoms with Crippen LogP contribution in [0.5, 0.6) is 0 Å². The van der Waals surface area contributed by atoms with Crippen molar-refractivity contribution >= 4 is 12.6 Å². The van der Waals surface area contributed by atoms with Crippen LogP contribution in [0.3, 0.4) is 0 Å². The van der Waals surface area contributed by atoms with E-state index in [1.807, 2.05) is 6.92 Å². The predicted molar refractivity (Wildman–Crippen MR) is 55.4 cm³/mol. The van der Waals surface area contributed by atoms with Crippen molar-refractivity contribution in [2.45, 2.75) is 37.8 Å². The summed E-state index contributed by atoms with van der Waals surface area (Å²) < 4.78 is 5.34. The molecule has 0 aromatic heterocycles. The molecule has 1 saturated carbocycles. The van der Waals surface area contributed by atoms with Crippen LogP contribution in [0.15, 0.2) is 0 Å². The third-order valence-corrected chi connectivity index (χ3v) is 2.87. The molecule has 14 heavy (non-hydrogen) atoms. The van der Waals surface area contributed by atoms with E-state index in [0.717, 1.165) is 0 Å². The van der Waals surface area contributed by atoms with Gasteiger partial charge in [0.2, 0.25) is 0 Å². The minimum absolute atomic E-state index is 0.0571. The lowest BCUT2D eigenvalue weighted by Crippen LogP contribution is -2.53. The average molecular weight is 222 g/mol. The van der Waals surface area contributed by atoms with Crippen molar-refractivity contribution in [1.82, 2.24) is 0 Å². The molecular weight excluding hydrogens is 204 g/mol. The van der Waals surface area contributed by atoms with Crippen molar-refractivity contribution in [2.24, 2.45) is 5.92 Å². The molecule has 0 aromatic rings. The van der Waals surface area contributed by atoms with Crippen LogP contribution in [0.4, 0.5) is 0 Å². The summed E-state index contributed by atoms with van der Waals surface area (Å²) in [4.78, 5) is 0. The maximum absolute atomic E-state index is 9.59. The van der Waals surface area contributed by atoms with E-state index in [9.17, 15) is 15.3 Å². The van der Waals surface area contributed by atoms with E-state index in [0.29, 0.717) is 18.8 Å². The molecule has 5 heteroatoms. The zero-order valence-corrected chi connectivity index (χ0v) is 9.10. The lowest BCUT2D eigenvalue weighted by atomic mass is 9.82. The largest absolute Gasteiger partial charge is 0.390 e. The number of ether oxygens (including phenoxy) is 1. The minimum Gasteiger partial charge on any atom is -0.390 e. The first-order valence-corrected chi connectivity index (χ1v) is 5.47. The van der Waals surface area contributed by atoms with Gasteiger partial charge in [-0.15, -0.1) is 0 Å². The summed E-state index contributed by atoms with van der Waals surface area (Å²) in [5, 5.41) is 28.6. The van der Waals surface area contributed by atoms with Crippen LogP contribution in [0, 0.1) is 5.92 Å². The van der Waals surface area contributed by atoms with Gasteiger partial charge in [-0.2, -0.15) is 12.6 Å². The average Bonchev–Trinajstić information content (AvgIpc) is 2.18. The van der Waals surface area contributed by atoms with Gasteiger partial charge in [-0.25, -0.2) is 0 Å². The Bertz CT molecular complexity index is 178. The van der Waals surface area contributed by atoms with Gasteiger partial charge in [-0.3, -0.25) is 0 Å². The molecule has 1 aliphatic carbocycles. The topological polar surface area (TPSA) is 69.9 Å². The first-order valence-electron chi connectivity index (χ1n) is 4.84. The molecule has 84 valence electrons. The molecule has 0 bridgehead atoms. The van der Waals surface area contributed by atoms with Crippen LogP contribution in [0.2, 0.25) is 0 Å². The van der Waals surface area contributed by atoms with Crippen molar-refractivity contribution in [2.75, 3.05) is 12.4 Å². The number of hydrogen-bond acceptors (Lipinski definition) is 5. The molecule has 5 atom stereocenters. The number of aliphatic hydroxyl groups excluding tert-OH is 3. The lowest BCUT2D eigenvalue weighted by molar-refractivity contribution is -0.168. The van der Waals surface area contributed by atoms with Crippen molar-refractivity contribution < 1.29 is 20.1 Å². The van der Waals surface area contributed by atoms with E-state index in [1.165, 1.54) is 0 Å². The number of thiol groups is 1. The highest BCUT2D eigenvalue weighted by atomic mass is 32.1. The number of rotatable bonds is 3. The highest BCUT2D eigenvalue weighted by Gasteiger charge is 2.41. The zero-order chi connectivity index (χ0) is 10.7. The summed E-state index contributed by atoms with van der Waals surface area (Å²) in [7, 11) is 0. The Hall–Kier alpha value is 0.190. The van der Waals surface area contributed by atoms with Crippen molar-refractivity contribution in [3.8, 4) is 0 Å². The summed E-state index contributed by atoms with van der Waals surface area (Å²) in [6.07, 6.45) is -2.80. The molecule has 0 heterocycles. The summed E-state index contributed by atoms with van der Waals surface area (Å²) >= 11 is 3.99. The molecule has 1 aliphatic rings. The molecule has 0 spiro atoms. The third kappa shape index (κ3) is 2.61. The summed E-state index contributed by atoms with van der Waals surface area (Å²) in [5.41, 5.74) is 0. The Morgan fingerprint density at radius 2 is 1.86 bits per heavy atom. The maximum atomic E-state index is 9.59. The maximum Gasteiger partial charge on any atom is 0.109 e. The second-order valence-electron chi connectivity index (χ2n) is 3.82. The van der Waals surface area contributed by atoms with E-state index >= 15 is 0 Å².